The van der Waals surface area contributed by atoms with Crippen molar-refractivity contribution < 1.29 is 9.13 Å². The van der Waals surface area contributed by atoms with Gasteiger partial charge >= 0.3 is 0 Å². The van der Waals surface area contributed by atoms with Gasteiger partial charge in [-0.2, -0.15) is 5.10 Å². The van der Waals surface area contributed by atoms with Gasteiger partial charge < -0.3 is 15.4 Å². The lowest BCUT2D eigenvalue weighted by Gasteiger charge is -2.17. The van der Waals surface area contributed by atoms with Gasteiger partial charge in [0.05, 0.1) is 12.4 Å². The molecule has 0 bridgehead atoms. The van der Waals surface area contributed by atoms with Gasteiger partial charge in [0.25, 0.3) is 0 Å². The minimum Gasteiger partial charge on any atom is -0.363 e. The molecule has 1 aromatic carbocycles. The molecule has 8 nitrogen and oxygen atoms in total. The van der Waals surface area contributed by atoms with E-state index in [0.29, 0.717) is 24.2 Å². The van der Waals surface area contributed by atoms with E-state index < -0.39 is 0 Å². The predicted octanol–water partition coefficient (Wildman–Crippen LogP) is 4.39. The van der Waals surface area contributed by atoms with E-state index in [1.54, 1.807) is 48.7 Å². The summed E-state index contributed by atoms with van der Waals surface area (Å²) >= 11 is 0. The Hall–Kier alpha value is -3.85. The van der Waals surface area contributed by atoms with Crippen molar-refractivity contribution in [2.24, 2.45) is 0 Å². The Morgan fingerprint density at radius 3 is 2.58 bits per heavy atom. The Morgan fingerprint density at radius 2 is 1.84 bits per heavy atom. The summed E-state index contributed by atoms with van der Waals surface area (Å²) in [5.74, 6) is 1.57. The third-order valence-corrected chi connectivity index (χ3v) is 4.61. The van der Waals surface area contributed by atoms with Crippen LogP contribution in [0.5, 0.6) is 0 Å². The van der Waals surface area contributed by atoms with Crippen LogP contribution in [0.15, 0.2) is 67.4 Å². The summed E-state index contributed by atoms with van der Waals surface area (Å²) in [6, 6.07) is 10.2. The average Bonchev–Trinajstić information content (AvgIpc) is 3.24. The molecule has 158 valence electrons. The van der Waals surface area contributed by atoms with Crippen LogP contribution in [0, 0.1) is 5.82 Å². The molecule has 0 aliphatic rings. The number of ether oxygens (including phenoxy) is 1. The molecule has 9 heteroatoms. The van der Waals surface area contributed by atoms with Crippen LogP contribution in [0.25, 0.3) is 11.1 Å². The van der Waals surface area contributed by atoms with Crippen molar-refractivity contribution in [2.75, 3.05) is 17.7 Å². The molecule has 1 unspecified atom stereocenters. The van der Waals surface area contributed by atoms with Gasteiger partial charge in [-0.3, -0.25) is 4.98 Å². The van der Waals surface area contributed by atoms with Gasteiger partial charge in [-0.15, -0.1) is 0 Å². The molecule has 3 aromatic heterocycles. The lowest BCUT2D eigenvalue weighted by Crippen LogP contribution is -2.09. The van der Waals surface area contributed by atoms with E-state index in [1.165, 1.54) is 12.1 Å². The van der Waals surface area contributed by atoms with Crippen LogP contribution in [0.1, 0.15) is 18.5 Å². The molecule has 0 aliphatic carbocycles. The molecule has 0 saturated heterocycles. The van der Waals surface area contributed by atoms with Gasteiger partial charge in [-0.1, -0.05) is 12.1 Å². The number of hydrogen-bond donors (Lipinski definition) is 2. The SMILES string of the molecule is COCn1cc(-c2cc(Nc3cnccn3)nc(NC(C)c3ccc(F)cc3)c2)cn1. The van der Waals surface area contributed by atoms with Crippen molar-refractivity contribution in [1.82, 2.24) is 24.7 Å². The summed E-state index contributed by atoms with van der Waals surface area (Å²) in [6.07, 6.45) is 8.51. The highest BCUT2D eigenvalue weighted by Gasteiger charge is 2.11. The lowest BCUT2D eigenvalue weighted by atomic mass is 10.1. The van der Waals surface area contributed by atoms with E-state index in [2.05, 4.69) is 30.7 Å². The van der Waals surface area contributed by atoms with Crippen molar-refractivity contribution in [1.29, 1.82) is 0 Å². The maximum atomic E-state index is 13.3. The zero-order chi connectivity index (χ0) is 21.6. The second-order valence-corrected chi connectivity index (χ2v) is 6.95. The Morgan fingerprint density at radius 1 is 1.03 bits per heavy atom. The summed E-state index contributed by atoms with van der Waals surface area (Å²) in [4.78, 5) is 13.0. The molecule has 0 fully saturated rings. The maximum Gasteiger partial charge on any atom is 0.150 e. The van der Waals surface area contributed by atoms with Crippen LogP contribution < -0.4 is 10.6 Å². The normalized spacial score (nSPS) is 11.8. The molecular weight excluding hydrogens is 397 g/mol. The molecule has 3 heterocycles. The monoisotopic (exact) mass is 419 g/mol. The van der Waals surface area contributed by atoms with Gasteiger partial charge in [0, 0.05) is 37.3 Å². The largest absolute Gasteiger partial charge is 0.363 e. The fraction of sp³-hybridized carbons (Fsp3) is 0.182. The molecule has 0 aliphatic heterocycles. The van der Waals surface area contributed by atoms with E-state index in [0.717, 1.165) is 16.7 Å². The van der Waals surface area contributed by atoms with Crippen LogP contribution in [-0.2, 0) is 11.5 Å². The first kappa shape index (κ1) is 20.4. The molecule has 0 spiro atoms. The zero-order valence-electron chi connectivity index (χ0n) is 17.2. The number of nitrogens with zero attached hydrogens (tertiary/aromatic N) is 5. The van der Waals surface area contributed by atoms with E-state index >= 15 is 0 Å². The fourth-order valence-electron chi connectivity index (χ4n) is 3.10. The highest BCUT2D eigenvalue weighted by molar-refractivity contribution is 5.71. The lowest BCUT2D eigenvalue weighted by molar-refractivity contribution is 0.120. The summed E-state index contributed by atoms with van der Waals surface area (Å²) in [5.41, 5.74) is 2.78. The Kier molecular flexibility index (Phi) is 6.13. The highest BCUT2D eigenvalue weighted by Crippen LogP contribution is 2.28. The Bertz CT molecular complexity index is 1130. The van der Waals surface area contributed by atoms with Crippen LogP contribution in [0.4, 0.5) is 21.8 Å². The van der Waals surface area contributed by atoms with Gasteiger partial charge in [-0.05, 0) is 42.3 Å². The fourth-order valence-corrected chi connectivity index (χ4v) is 3.10. The number of rotatable bonds is 8. The predicted molar refractivity (Wildman–Crippen MR) is 116 cm³/mol. The van der Waals surface area contributed by atoms with Crippen molar-refractivity contribution in [3.05, 3.63) is 78.8 Å². The molecule has 4 rings (SSSR count). The smallest absolute Gasteiger partial charge is 0.150 e. The molecule has 4 aromatic rings. The second-order valence-electron chi connectivity index (χ2n) is 6.95. The Labute approximate surface area is 179 Å². The minimum atomic E-state index is -0.264. The van der Waals surface area contributed by atoms with Gasteiger partial charge in [0.1, 0.15) is 30.0 Å². The first-order valence-electron chi connectivity index (χ1n) is 9.69. The summed E-state index contributed by atoms with van der Waals surface area (Å²) in [6.45, 7) is 2.36. The van der Waals surface area contributed by atoms with Crippen LogP contribution in [0.2, 0.25) is 0 Å². The Balaban J connectivity index is 1.65. The number of hydrogen-bond acceptors (Lipinski definition) is 7. The summed E-state index contributed by atoms with van der Waals surface area (Å²) in [7, 11) is 1.62. The van der Waals surface area contributed by atoms with Crippen LogP contribution in [-0.4, -0.2) is 31.8 Å². The topological polar surface area (TPSA) is 89.8 Å². The minimum absolute atomic E-state index is 0.0797. The molecule has 2 N–H and O–H groups in total. The maximum absolute atomic E-state index is 13.3. The molecule has 0 radical (unpaired) electrons. The first-order valence-corrected chi connectivity index (χ1v) is 9.69. The quantitative estimate of drug-likeness (QED) is 0.438. The van der Waals surface area contributed by atoms with E-state index in [4.69, 9.17) is 4.74 Å². The molecule has 0 saturated carbocycles. The number of methoxy groups -OCH3 is 1. The molecule has 0 amide bonds. The number of nitrogens with one attached hydrogen (secondary N) is 2. The molecule has 1 atom stereocenters. The summed E-state index contributed by atoms with van der Waals surface area (Å²) < 4.78 is 20.1. The van der Waals surface area contributed by atoms with Crippen LogP contribution >= 0.6 is 0 Å². The zero-order valence-corrected chi connectivity index (χ0v) is 17.2. The van der Waals surface area contributed by atoms with Gasteiger partial charge in [0.15, 0.2) is 0 Å². The first-order chi connectivity index (χ1) is 15.1. The van der Waals surface area contributed by atoms with E-state index in [1.807, 2.05) is 25.3 Å². The highest BCUT2D eigenvalue weighted by atomic mass is 19.1. The second kappa shape index (κ2) is 9.31. The molecule has 31 heavy (non-hydrogen) atoms. The molecular formula is C22H22FN7O. The standard InChI is InChI=1S/C22H22FN7O/c1-15(16-3-5-19(23)6-4-16)27-20-9-17(18-11-26-30(13-18)14-31-2)10-21(28-20)29-22-12-24-7-8-25-22/h3-13,15H,14H2,1-2H3,(H2,25,27,28,29). The van der Waals surface area contributed by atoms with Crippen molar-refractivity contribution >= 4 is 17.5 Å². The summed E-state index contributed by atoms with van der Waals surface area (Å²) in [5, 5.41) is 10.9. The average molecular weight is 419 g/mol. The van der Waals surface area contributed by atoms with E-state index in [-0.39, 0.29) is 11.9 Å². The number of aromatic nitrogens is 5. The van der Waals surface area contributed by atoms with Crippen molar-refractivity contribution in [3.63, 3.8) is 0 Å². The number of halogens is 1. The van der Waals surface area contributed by atoms with Crippen LogP contribution in [0.3, 0.4) is 0 Å². The van der Waals surface area contributed by atoms with E-state index in [9.17, 15) is 4.39 Å². The third kappa shape index (κ3) is 5.20. The van der Waals surface area contributed by atoms with Gasteiger partial charge in [0.2, 0.25) is 0 Å². The van der Waals surface area contributed by atoms with Crippen molar-refractivity contribution in [2.45, 2.75) is 19.7 Å². The number of anilines is 3. The van der Waals surface area contributed by atoms with Crippen molar-refractivity contribution in [3.8, 4) is 11.1 Å². The third-order valence-electron chi connectivity index (χ3n) is 4.61. The number of benzene rings is 1. The number of pyridine rings is 1. The van der Waals surface area contributed by atoms with Gasteiger partial charge in [-0.25, -0.2) is 19.0 Å².